The Kier molecular flexibility index (Phi) is 2.60. The van der Waals surface area contributed by atoms with Gasteiger partial charge in [-0.2, -0.15) is 5.10 Å². The van der Waals surface area contributed by atoms with Crippen LogP contribution in [0.2, 0.25) is 0 Å². The lowest BCUT2D eigenvalue weighted by atomic mass is 10.1. The summed E-state index contributed by atoms with van der Waals surface area (Å²) in [6, 6.07) is 11.4. The predicted molar refractivity (Wildman–Crippen MR) is 63.2 cm³/mol. The number of hydrogen-bond acceptors (Lipinski definition) is 3. The lowest BCUT2D eigenvalue weighted by molar-refractivity contribution is -0.00123. The molecule has 92 valence electrons. The topological polar surface area (TPSA) is 64.3 Å². The lowest BCUT2D eigenvalue weighted by Crippen LogP contribution is -2.21. The molecule has 1 unspecified atom stereocenters. The molecule has 0 spiro atoms. The molecule has 5 nitrogen and oxygen atoms in total. The summed E-state index contributed by atoms with van der Waals surface area (Å²) >= 11 is 0. The molecule has 1 aliphatic rings. The van der Waals surface area contributed by atoms with Crippen molar-refractivity contribution in [2.45, 2.75) is 19.3 Å². The van der Waals surface area contributed by atoms with Crippen molar-refractivity contribution in [2.24, 2.45) is 0 Å². The van der Waals surface area contributed by atoms with Crippen LogP contribution in [0.1, 0.15) is 27.8 Å². The standard InChI is InChI=1S/C13H12N2O3/c16-13(17)11-6-10-8-18-12(7-15(10)14-11)9-4-2-1-3-5-9/h1-6,12H,7-8H2,(H,16,17). The molecular weight excluding hydrogens is 232 g/mol. The largest absolute Gasteiger partial charge is 0.476 e. The van der Waals surface area contributed by atoms with Crippen molar-refractivity contribution >= 4 is 5.97 Å². The van der Waals surface area contributed by atoms with Gasteiger partial charge < -0.3 is 9.84 Å². The van der Waals surface area contributed by atoms with Crippen LogP contribution in [0.3, 0.4) is 0 Å². The number of carboxylic acids is 1. The summed E-state index contributed by atoms with van der Waals surface area (Å²) in [5.41, 5.74) is 1.96. The van der Waals surface area contributed by atoms with Gasteiger partial charge in [0.25, 0.3) is 0 Å². The maximum Gasteiger partial charge on any atom is 0.356 e. The van der Waals surface area contributed by atoms with Crippen LogP contribution in [0, 0.1) is 0 Å². The Morgan fingerprint density at radius 2 is 2.17 bits per heavy atom. The first-order valence-corrected chi connectivity index (χ1v) is 5.70. The van der Waals surface area contributed by atoms with E-state index in [9.17, 15) is 4.79 Å². The average Bonchev–Trinajstić information content (AvgIpc) is 2.82. The number of aromatic carboxylic acids is 1. The molecule has 0 aliphatic carbocycles. The molecule has 3 rings (SSSR count). The van der Waals surface area contributed by atoms with E-state index in [1.165, 1.54) is 0 Å². The quantitative estimate of drug-likeness (QED) is 0.875. The summed E-state index contributed by atoms with van der Waals surface area (Å²) in [7, 11) is 0. The van der Waals surface area contributed by atoms with Crippen LogP contribution in [0.5, 0.6) is 0 Å². The van der Waals surface area contributed by atoms with Gasteiger partial charge in [-0.1, -0.05) is 30.3 Å². The number of fused-ring (bicyclic) bond motifs is 1. The van der Waals surface area contributed by atoms with Crippen molar-refractivity contribution < 1.29 is 14.6 Å². The fraction of sp³-hybridized carbons (Fsp3) is 0.231. The van der Waals surface area contributed by atoms with Crippen molar-refractivity contribution in [2.75, 3.05) is 0 Å². The molecule has 2 aromatic rings. The maximum atomic E-state index is 10.9. The Morgan fingerprint density at radius 1 is 1.39 bits per heavy atom. The monoisotopic (exact) mass is 244 g/mol. The Balaban J connectivity index is 1.87. The highest BCUT2D eigenvalue weighted by Gasteiger charge is 2.23. The predicted octanol–water partition coefficient (Wildman–Crippen LogP) is 1.85. The first-order chi connectivity index (χ1) is 8.74. The van der Waals surface area contributed by atoms with E-state index in [1.54, 1.807) is 10.7 Å². The minimum atomic E-state index is -1.01. The van der Waals surface area contributed by atoms with Gasteiger partial charge in [0.15, 0.2) is 5.69 Å². The van der Waals surface area contributed by atoms with Gasteiger partial charge in [-0.25, -0.2) is 4.79 Å². The van der Waals surface area contributed by atoms with Gasteiger partial charge in [-0.3, -0.25) is 4.68 Å². The Hall–Kier alpha value is -2.14. The summed E-state index contributed by atoms with van der Waals surface area (Å²) in [6.45, 7) is 0.937. The third-order valence-electron chi connectivity index (χ3n) is 3.02. The highest BCUT2D eigenvalue weighted by molar-refractivity contribution is 5.85. The molecule has 0 radical (unpaired) electrons. The summed E-state index contributed by atoms with van der Waals surface area (Å²) < 4.78 is 7.44. The van der Waals surface area contributed by atoms with E-state index >= 15 is 0 Å². The van der Waals surface area contributed by atoms with Gasteiger partial charge in [0.05, 0.1) is 18.8 Å². The number of nitrogens with zero attached hydrogens (tertiary/aromatic N) is 2. The molecular formula is C13H12N2O3. The number of benzene rings is 1. The Labute approximate surface area is 104 Å². The second-order valence-electron chi connectivity index (χ2n) is 4.22. The van der Waals surface area contributed by atoms with Crippen LogP contribution < -0.4 is 0 Å². The van der Waals surface area contributed by atoms with E-state index in [0.29, 0.717) is 13.2 Å². The first-order valence-electron chi connectivity index (χ1n) is 5.70. The van der Waals surface area contributed by atoms with Crippen molar-refractivity contribution in [3.8, 4) is 0 Å². The molecule has 1 N–H and O–H groups in total. The molecule has 1 atom stereocenters. The van der Waals surface area contributed by atoms with Gasteiger partial charge >= 0.3 is 5.97 Å². The molecule has 2 heterocycles. The lowest BCUT2D eigenvalue weighted by Gasteiger charge is -2.24. The zero-order valence-corrected chi connectivity index (χ0v) is 9.61. The highest BCUT2D eigenvalue weighted by atomic mass is 16.5. The number of carbonyl (C=O) groups is 1. The molecule has 1 aromatic carbocycles. The van der Waals surface area contributed by atoms with Gasteiger partial charge in [0.2, 0.25) is 0 Å². The normalized spacial score (nSPS) is 18.3. The molecule has 0 saturated carbocycles. The zero-order chi connectivity index (χ0) is 12.5. The average molecular weight is 244 g/mol. The van der Waals surface area contributed by atoms with Crippen LogP contribution in [0.25, 0.3) is 0 Å². The third-order valence-corrected chi connectivity index (χ3v) is 3.02. The van der Waals surface area contributed by atoms with Crippen molar-refractivity contribution in [3.05, 3.63) is 53.3 Å². The summed E-state index contributed by atoms with van der Waals surface area (Å²) in [5.74, 6) is -1.01. The van der Waals surface area contributed by atoms with E-state index < -0.39 is 5.97 Å². The maximum absolute atomic E-state index is 10.9. The Morgan fingerprint density at radius 3 is 2.89 bits per heavy atom. The summed E-state index contributed by atoms with van der Waals surface area (Å²) in [5, 5.41) is 13.0. The van der Waals surface area contributed by atoms with Gasteiger partial charge in [0, 0.05) is 0 Å². The SMILES string of the molecule is O=C(O)c1cc2n(n1)CC(c1ccccc1)OC2. The van der Waals surface area contributed by atoms with E-state index in [-0.39, 0.29) is 11.8 Å². The van der Waals surface area contributed by atoms with E-state index in [0.717, 1.165) is 11.3 Å². The fourth-order valence-corrected chi connectivity index (χ4v) is 2.10. The van der Waals surface area contributed by atoms with Crippen LogP contribution >= 0.6 is 0 Å². The van der Waals surface area contributed by atoms with E-state index in [4.69, 9.17) is 9.84 Å². The second-order valence-corrected chi connectivity index (χ2v) is 4.22. The van der Waals surface area contributed by atoms with Crippen LogP contribution in [0.4, 0.5) is 0 Å². The molecule has 1 aromatic heterocycles. The van der Waals surface area contributed by atoms with Crippen LogP contribution in [-0.2, 0) is 17.9 Å². The molecule has 0 amide bonds. The smallest absolute Gasteiger partial charge is 0.356 e. The van der Waals surface area contributed by atoms with Crippen LogP contribution in [-0.4, -0.2) is 20.9 Å². The van der Waals surface area contributed by atoms with Crippen LogP contribution in [0.15, 0.2) is 36.4 Å². The van der Waals surface area contributed by atoms with Gasteiger partial charge in [-0.15, -0.1) is 0 Å². The fourth-order valence-electron chi connectivity index (χ4n) is 2.10. The van der Waals surface area contributed by atoms with E-state index in [1.807, 2.05) is 30.3 Å². The number of carboxylic acid groups (broad SMARTS) is 1. The Bertz CT molecular complexity index is 577. The van der Waals surface area contributed by atoms with E-state index in [2.05, 4.69) is 5.10 Å². The minimum Gasteiger partial charge on any atom is -0.476 e. The van der Waals surface area contributed by atoms with Gasteiger partial charge in [0.1, 0.15) is 6.10 Å². The van der Waals surface area contributed by atoms with Gasteiger partial charge in [-0.05, 0) is 11.6 Å². The number of aromatic nitrogens is 2. The highest BCUT2D eigenvalue weighted by Crippen LogP contribution is 2.26. The zero-order valence-electron chi connectivity index (χ0n) is 9.61. The molecule has 18 heavy (non-hydrogen) atoms. The summed E-state index contributed by atoms with van der Waals surface area (Å²) in [6.07, 6.45) is -0.0692. The first kappa shape index (κ1) is 11.0. The third kappa shape index (κ3) is 1.89. The molecule has 0 bridgehead atoms. The second kappa shape index (κ2) is 4.27. The molecule has 5 heteroatoms. The number of rotatable bonds is 2. The number of ether oxygens (including phenoxy) is 1. The van der Waals surface area contributed by atoms with Crippen molar-refractivity contribution in [1.82, 2.24) is 9.78 Å². The van der Waals surface area contributed by atoms with Crippen molar-refractivity contribution in [1.29, 1.82) is 0 Å². The molecule has 1 aliphatic heterocycles. The molecule has 0 saturated heterocycles. The number of hydrogen-bond donors (Lipinski definition) is 1. The molecule has 0 fully saturated rings. The minimum absolute atomic E-state index is 0.0692. The summed E-state index contributed by atoms with van der Waals surface area (Å²) in [4.78, 5) is 10.9. The van der Waals surface area contributed by atoms with Crippen molar-refractivity contribution in [3.63, 3.8) is 0 Å².